The summed E-state index contributed by atoms with van der Waals surface area (Å²) in [5, 5.41) is 0. The quantitative estimate of drug-likeness (QED) is 0.879. The molecule has 2 N–H and O–H groups in total. The number of carbonyl (C=O) groups is 1. The number of nitrogens with two attached hydrogens (primary N) is 1. The minimum Gasteiger partial charge on any atom is -0.381 e. The lowest BCUT2D eigenvalue weighted by Crippen LogP contribution is -2.29. The number of amides is 1. The summed E-state index contributed by atoms with van der Waals surface area (Å²) in [5.74, 6) is 0.545. The van der Waals surface area contributed by atoms with Crippen molar-refractivity contribution in [1.29, 1.82) is 0 Å². The molecule has 0 aromatic heterocycles. The summed E-state index contributed by atoms with van der Waals surface area (Å²) >= 11 is 0. The molecule has 2 aliphatic heterocycles. The summed E-state index contributed by atoms with van der Waals surface area (Å²) < 4.78 is 5.51. The van der Waals surface area contributed by atoms with Gasteiger partial charge in [0.05, 0.1) is 13.0 Å². The van der Waals surface area contributed by atoms with Crippen LogP contribution in [-0.4, -0.2) is 26.2 Å². The van der Waals surface area contributed by atoms with Crippen molar-refractivity contribution in [3.8, 4) is 0 Å². The summed E-state index contributed by atoms with van der Waals surface area (Å²) in [4.78, 5) is 13.4. The summed E-state index contributed by atoms with van der Waals surface area (Å²) in [6, 6.07) is 6.16. The third kappa shape index (κ3) is 2.26. The van der Waals surface area contributed by atoms with E-state index in [4.69, 9.17) is 10.5 Å². The van der Waals surface area contributed by atoms with Crippen molar-refractivity contribution < 1.29 is 9.53 Å². The van der Waals surface area contributed by atoms with Crippen molar-refractivity contribution in [2.75, 3.05) is 25.2 Å². The Morgan fingerprint density at radius 3 is 3.05 bits per heavy atom. The van der Waals surface area contributed by atoms with E-state index in [0.717, 1.165) is 42.9 Å². The first-order valence-corrected chi connectivity index (χ1v) is 6.89. The van der Waals surface area contributed by atoms with Gasteiger partial charge in [-0.25, -0.2) is 0 Å². The molecule has 19 heavy (non-hydrogen) atoms. The first kappa shape index (κ1) is 12.6. The van der Waals surface area contributed by atoms with E-state index < -0.39 is 0 Å². The Kier molecular flexibility index (Phi) is 3.29. The average molecular weight is 260 g/mol. The lowest BCUT2D eigenvalue weighted by molar-refractivity contribution is -0.117. The van der Waals surface area contributed by atoms with E-state index in [2.05, 4.69) is 6.07 Å². The molecule has 1 saturated heterocycles. The standard InChI is InChI=1S/C15H20N2O2/c1-17-13-5-4-10(7-12(13)8-14(17)18)15(16)11-3-2-6-19-9-11/h4-5,7,11,15H,2-3,6,8-9,16H2,1H3. The summed E-state index contributed by atoms with van der Waals surface area (Å²) in [6.07, 6.45) is 2.70. The average Bonchev–Trinajstić information content (AvgIpc) is 2.74. The van der Waals surface area contributed by atoms with Crippen molar-refractivity contribution in [2.24, 2.45) is 11.7 Å². The number of benzene rings is 1. The third-order valence-electron chi connectivity index (χ3n) is 4.27. The molecule has 4 heteroatoms. The molecule has 2 unspecified atom stereocenters. The Morgan fingerprint density at radius 2 is 2.32 bits per heavy atom. The van der Waals surface area contributed by atoms with Crippen LogP contribution < -0.4 is 10.6 Å². The van der Waals surface area contributed by atoms with Gasteiger partial charge >= 0.3 is 0 Å². The fourth-order valence-electron chi connectivity index (χ4n) is 3.02. The van der Waals surface area contributed by atoms with E-state index in [0.29, 0.717) is 12.3 Å². The maximum atomic E-state index is 11.7. The first-order valence-electron chi connectivity index (χ1n) is 6.89. The number of hydrogen-bond acceptors (Lipinski definition) is 3. The van der Waals surface area contributed by atoms with Crippen LogP contribution in [0.2, 0.25) is 0 Å². The maximum absolute atomic E-state index is 11.7. The van der Waals surface area contributed by atoms with Gasteiger partial charge in [0.2, 0.25) is 5.91 Å². The zero-order valence-corrected chi connectivity index (χ0v) is 11.3. The molecule has 0 saturated carbocycles. The number of rotatable bonds is 2. The van der Waals surface area contributed by atoms with Crippen molar-refractivity contribution >= 4 is 11.6 Å². The highest BCUT2D eigenvalue weighted by Crippen LogP contribution is 2.33. The molecule has 0 aliphatic carbocycles. The SMILES string of the molecule is CN1C(=O)Cc2cc(C(N)C3CCCOC3)ccc21. The second kappa shape index (κ2) is 4.94. The van der Waals surface area contributed by atoms with Crippen LogP contribution in [0.15, 0.2) is 18.2 Å². The highest BCUT2D eigenvalue weighted by Gasteiger charge is 2.27. The van der Waals surface area contributed by atoms with Crippen LogP contribution in [0, 0.1) is 5.92 Å². The number of hydrogen-bond donors (Lipinski definition) is 1. The Balaban J connectivity index is 1.82. The predicted molar refractivity (Wildman–Crippen MR) is 74.0 cm³/mol. The lowest BCUT2D eigenvalue weighted by Gasteiger charge is -2.28. The molecule has 1 fully saturated rings. The van der Waals surface area contributed by atoms with Gasteiger partial charge in [0.1, 0.15) is 0 Å². The second-order valence-electron chi connectivity index (χ2n) is 5.52. The van der Waals surface area contributed by atoms with Crippen molar-refractivity contribution in [2.45, 2.75) is 25.3 Å². The molecular formula is C15H20N2O2. The molecule has 0 bridgehead atoms. The van der Waals surface area contributed by atoms with Crippen LogP contribution in [-0.2, 0) is 16.0 Å². The zero-order chi connectivity index (χ0) is 13.4. The zero-order valence-electron chi connectivity index (χ0n) is 11.3. The van der Waals surface area contributed by atoms with E-state index >= 15 is 0 Å². The van der Waals surface area contributed by atoms with E-state index in [-0.39, 0.29) is 11.9 Å². The maximum Gasteiger partial charge on any atom is 0.231 e. The van der Waals surface area contributed by atoms with Crippen LogP contribution in [0.3, 0.4) is 0 Å². The fraction of sp³-hybridized carbons (Fsp3) is 0.533. The Bertz CT molecular complexity index is 495. The second-order valence-corrected chi connectivity index (χ2v) is 5.52. The predicted octanol–water partition coefficient (Wildman–Crippen LogP) is 1.63. The monoisotopic (exact) mass is 260 g/mol. The number of carbonyl (C=O) groups excluding carboxylic acids is 1. The smallest absolute Gasteiger partial charge is 0.231 e. The Hall–Kier alpha value is -1.39. The molecule has 102 valence electrons. The highest BCUT2D eigenvalue weighted by atomic mass is 16.5. The molecule has 0 spiro atoms. The van der Waals surface area contributed by atoms with Gasteiger partial charge in [0.15, 0.2) is 0 Å². The van der Waals surface area contributed by atoms with Gasteiger partial charge in [0.25, 0.3) is 0 Å². The van der Waals surface area contributed by atoms with E-state index in [1.54, 1.807) is 4.90 Å². The minimum absolute atomic E-state index is 0.00612. The van der Waals surface area contributed by atoms with Gasteiger partial charge in [-0.1, -0.05) is 12.1 Å². The largest absolute Gasteiger partial charge is 0.381 e. The molecule has 2 heterocycles. The Morgan fingerprint density at radius 1 is 1.47 bits per heavy atom. The van der Waals surface area contributed by atoms with Gasteiger partial charge < -0.3 is 15.4 Å². The van der Waals surface area contributed by atoms with Gasteiger partial charge in [0, 0.05) is 31.3 Å². The molecule has 1 aromatic carbocycles. The Labute approximate surface area is 113 Å². The lowest BCUT2D eigenvalue weighted by atomic mass is 9.88. The fourth-order valence-corrected chi connectivity index (χ4v) is 3.02. The number of nitrogens with zero attached hydrogens (tertiary/aromatic N) is 1. The first-order chi connectivity index (χ1) is 9.16. The third-order valence-corrected chi connectivity index (χ3v) is 4.27. The normalized spacial score (nSPS) is 24.4. The molecule has 3 rings (SSSR count). The summed E-state index contributed by atoms with van der Waals surface area (Å²) in [6.45, 7) is 1.60. The molecule has 0 radical (unpaired) electrons. The minimum atomic E-state index is 0.00612. The topological polar surface area (TPSA) is 55.6 Å². The molecule has 2 atom stereocenters. The number of anilines is 1. The van der Waals surface area contributed by atoms with Crippen LogP contribution in [0.4, 0.5) is 5.69 Å². The van der Waals surface area contributed by atoms with Gasteiger partial charge in [-0.2, -0.15) is 0 Å². The highest BCUT2D eigenvalue weighted by molar-refractivity contribution is 6.00. The van der Waals surface area contributed by atoms with Crippen LogP contribution in [0.25, 0.3) is 0 Å². The van der Waals surface area contributed by atoms with Gasteiger partial charge in [-0.05, 0) is 30.0 Å². The van der Waals surface area contributed by atoms with Crippen molar-refractivity contribution in [3.63, 3.8) is 0 Å². The van der Waals surface area contributed by atoms with E-state index in [9.17, 15) is 4.79 Å². The number of fused-ring (bicyclic) bond motifs is 1. The summed E-state index contributed by atoms with van der Waals surface area (Å²) in [7, 11) is 1.82. The number of likely N-dealkylation sites (N-methyl/N-ethyl adjacent to an activating group) is 1. The van der Waals surface area contributed by atoms with E-state index in [1.807, 2.05) is 19.2 Å². The molecular weight excluding hydrogens is 240 g/mol. The van der Waals surface area contributed by atoms with E-state index in [1.165, 1.54) is 0 Å². The molecule has 1 amide bonds. The van der Waals surface area contributed by atoms with Crippen LogP contribution in [0.1, 0.15) is 30.0 Å². The van der Waals surface area contributed by atoms with Gasteiger partial charge in [-0.15, -0.1) is 0 Å². The molecule has 2 aliphatic rings. The van der Waals surface area contributed by atoms with Crippen molar-refractivity contribution in [1.82, 2.24) is 0 Å². The van der Waals surface area contributed by atoms with Crippen molar-refractivity contribution in [3.05, 3.63) is 29.3 Å². The molecule has 1 aromatic rings. The summed E-state index contributed by atoms with van der Waals surface area (Å²) in [5.41, 5.74) is 9.59. The number of ether oxygens (including phenoxy) is 1. The molecule has 4 nitrogen and oxygen atoms in total. The van der Waals surface area contributed by atoms with Crippen LogP contribution >= 0.6 is 0 Å². The van der Waals surface area contributed by atoms with Crippen LogP contribution in [0.5, 0.6) is 0 Å². The van der Waals surface area contributed by atoms with Gasteiger partial charge in [-0.3, -0.25) is 4.79 Å².